The lowest BCUT2D eigenvalue weighted by Gasteiger charge is -2.32. The standard InChI is InChI=1S/C31H28BrN3O2/c32-28-13-7-6-12-26(28)31(37)34-25-14-15-29(35-19-17-23-10-4-5-11-24(23)21-35)27(20-25)30(36)33-18-16-22-8-2-1-3-9-22/h1-15,20H,16-19,21H2,(H,33,36)(H,34,37). The van der Waals surface area contributed by atoms with Gasteiger partial charge >= 0.3 is 0 Å². The highest BCUT2D eigenvalue weighted by Crippen LogP contribution is 2.30. The SMILES string of the molecule is O=C(Nc1ccc(N2CCc3ccccc3C2)c(C(=O)NCCc2ccccc2)c1)c1ccccc1Br. The van der Waals surface area contributed by atoms with Gasteiger partial charge in [-0.2, -0.15) is 0 Å². The summed E-state index contributed by atoms with van der Waals surface area (Å²) in [6.45, 7) is 2.09. The van der Waals surface area contributed by atoms with E-state index in [1.807, 2.05) is 48.5 Å². The predicted octanol–water partition coefficient (Wildman–Crippen LogP) is 6.24. The molecule has 2 amide bonds. The normalized spacial score (nSPS) is 12.5. The van der Waals surface area contributed by atoms with Crippen LogP contribution in [0.15, 0.2) is 102 Å². The number of carbonyl (C=O) groups excluding carboxylic acids is 2. The molecule has 0 aliphatic carbocycles. The van der Waals surface area contributed by atoms with Crippen LogP contribution in [-0.2, 0) is 19.4 Å². The Morgan fingerprint density at radius 1 is 0.784 bits per heavy atom. The van der Waals surface area contributed by atoms with Gasteiger partial charge in [-0.15, -0.1) is 0 Å². The quantitative estimate of drug-likeness (QED) is 0.285. The van der Waals surface area contributed by atoms with Crippen LogP contribution in [0.5, 0.6) is 0 Å². The molecule has 1 aliphatic heterocycles. The third kappa shape index (κ3) is 5.92. The molecule has 1 heterocycles. The zero-order chi connectivity index (χ0) is 25.6. The number of carbonyl (C=O) groups is 2. The summed E-state index contributed by atoms with van der Waals surface area (Å²) >= 11 is 3.44. The Hall–Kier alpha value is -3.90. The minimum atomic E-state index is -0.234. The first kappa shape index (κ1) is 24.8. The van der Waals surface area contributed by atoms with Gasteiger partial charge in [-0.1, -0.05) is 66.7 Å². The van der Waals surface area contributed by atoms with E-state index < -0.39 is 0 Å². The number of nitrogens with zero attached hydrogens (tertiary/aromatic N) is 1. The zero-order valence-corrected chi connectivity index (χ0v) is 22.0. The first-order chi connectivity index (χ1) is 18.1. The number of hydrogen-bond acceptors (Lipinski definition) is 3. The fourth-order valence-electron chi connectivity index (χ4n) is 4.68. The highest BCUT2D eigenvalue weighted by Gasteiger charge is 2.22. The van der Waals surface area contributed by atoms with Gasteiger partial charge in [-0.3, -0.25) is 9.59 Å². The highest BCUT2D eigenvalue weighted by atomic mass is 79.9. The second-order valence-electron chi connectivity index (χ2n) is 9.10. The van der Waals surface area contributed by atoms with Crippen molar-refractivity contribution in [2.45, 2.75) is 19.4 Å². The zero-order valence-electron chi connectivity index (χ0n) is 20.4. The molecule has 0 atom stereocenters. The average molecular weight is 554 g/mol. The first-order valence-electron chi connectivity index (χ1n) is 12.4. The monoisotopic (exact) mass is 553 g/mol. The summed E-state index contributed by atoms with van der Waals surface area (Å²) in [6.07, 6.45) is 1.67. The number of fused-ring (bicyclic) bond motifs is 1. The van der Waals surface area contributed by atoms with E-state index in [0.29, 0.717) is 23.4 Å². The summed E-state index contributed by atoms with van der Waals surface area (Å²) in [6, 6.07) is 31.4. The fraction of sp³-hybridized carbons (Fsp3) is 0.161. The topological polar surface area (TPSA) is 61.4 Å². The molecule has 4 aromatic rings. The Bertz CT molecular complexity index is 1420. The van der Waals surface area contributed by atoms with E-state index in [1.54, 1.807) is 12.1 Å². The van der Waals surface area contributed by atoms with E-state index in [9.17, 15) is 9.59 Å². The van der Waals surface area contributed by atoms with Crippen LogP contribution in [-0.4, -0.2) is 24.9 Å². The van der Waals surface area contributed by atoms with Crippen LogP contribution in [0.25, 0.3) is 0 Å². The number of halogens is 1. The van der Waals surface area contributed by atoms with Gasteiger partial charge in [-0.05, 0) is 75.8 Å². The Labute approximate surface area is 225 Å². The van der Waals surface area contributed by atoms with E-state index in [0.717, 1.165) is 36.1 Å². The van der Waals surface area contributed by atoms with E-state index in [-0.39, 0.29) is 11.8 Å². The number of hydrogen-bond donors (Lipinski definition) is 2. The van der Waals surface area contributed by atoms with Crippen molar-refractivity contribution in [3.05, 3.63) is 129 Å². The van der Waals surface area contributed by atoms with Crippen LogP contribution in [0.2, 0.25) is 0 Å². The Balaban J connectivity index is 1.39. The summed E-state index contributed by atoms with van der Waals surface area (Å²) in [5.74, 6) is -0.385. The molecule has 0 spiro atoms. The highest BCUT2D eigenvalue weighted by molar-refractivity contribution is 9.10. The van der Waals surface area contributed by atoms with Gasteiger partial charge in [0, 0.05) is 35.5 Å². The molecular formula is C31H28BrN3O2. The molecule has 0 bridgehead atoms. The van der Waals surface area contributed by atoms with Crippen molar-refractivity contribution < 1.29 is 9.59 Å². The maximum atomic E-state index is 13.4. The van der Waals surface area contributed by atoms with Crippen molar-refractivity contribution in [1.29, 1.82) is 0 Å². The largest absolute Gasteiger partial charge is 0.366 e. The molecule has 0 unspecified atom stereocenters. The average Bonchev–Trinajstić information content (AvgIpc) is 2.93. The van der Waals surface area contributed by atoms with Crippen molar-refractivity contribution in [2.24, 2.45) is 0 Å². The minimum Gasteiger partial charge on any atom is -0.366 e. The van der Waals surface area contributed by atoms with Crippen LogP contribution in [0.3, 0.4) is 0 Å². The molecular weight excluding hydrogens is 526 g/mol. The smallest absolute Gasteiger partial charge is 0.256 e. The maximum absolute atomic E-state index is 13.4. The summed E-state index contributed by atoms with van der Waals surface area (Å²) in [4.78, 5) is 28.6. The molecule has 0 radical (unpaired) electrons. The molecule has 6 heteroatoms. The summed E-state index contributed by atoms with van der Waals surface area (Å²) < 4.78 is 0.718. The lowest BCUT2D eigenvalue weighted by atomic mass is 9.98. The second-order valence-corrected chi connectivity index (χ2v) is 9.95. The number of anilines is 2. The van der Waals surface area contributed by atoms with Crippen molar-refractivity contribution >= 4 is 39.1 Å². The number of amides is 2. The summed E-state index contributed by atoms with van der Waals surface area (Å²) in [7, 11) is 0. The first-order valence-corrected chi connectivity index (χ1v) is 13.2. The maximum Gasteiger partial charge on any atom is 0.256 e. The Morgan fingerprint density at radius 2 is 1.51 bits per heavy atom. The Morgan fingerprint density at radius 3 is 2.32 bits per heavy atom. The molecule has 5 nitrogen and oxygen atoms in total. The third-order valence-corrected chi connectivity index (χ3v) is 7.32. The van der Waals surface area contributed by atoms with Gasteiger partial charge in [0.25, 0.3) is 11.8 Å². The molecule has 0 aromatic heterocycles. The van der Waals surface area contributed by atoms with Crippen molar-refractivity contribution in [2.75, 3.05) is 23.3 Å². The van der Waals surface area contributed by atoms with E-state index >= 15 is 0 Å². The molecule has 0 fully saturated rings. The Kier molecular flexibility index (Phi) is 7.66. The summed E-state index contributed by atoms with van der Waals surface area (Å²) in [5, 5.41) is 6.04. The number of nitrogens with one attached hydrogen (secondary N) is 2. The summed E-state index contributed by atoms with van der Waals surface area (Å²) in [5.41, 5.74) is 6.33. The molecule has 0 saturated heterocycles. The van der Waals surface area contributed by atoms with Gasteiger partial charge in [0.15, 0.2) is 0 Å². The molecule has 5 rings (SSSR count). The van der Waals surface area contributed by atoms with E-state index in [2.05, 4.69) is 67.9 Å². The number of rotatable bonds is 7. The lowest BCUT2D eigenvalue weighted by Crippen LogP contribution is -2.33. The molecule has 1 aliphatic rings. The molecule has 2 N–H and O–H groups in total. The second kappa shape index (κ2) is 11.4. The third-order valence-electron chi connectivity index (χ3n) is 6.63. The van der Waals surface area contributed by atoms with Crippen LogP contribution >= 0.6 is 15.9 Å². The van der Waals surface area contributed by atoms with Gasteiger partial charge in [0.05, 0.1) is 11.1 Å². The molecule has 4 aromatic carbocycles. The van der Waals surface area contributed by atoms with Crippen molar-refractivity contribution in [3.8, 4) is 0 Å². The van der Waals surface area contributed by atoms with Crippen molar-refractivity contribution in [3.63, 3.8) is 0 Å². The van der Waals surface area contributed by atoms with E-state index in [4.69, 9.17) is 0 Å². The lowest BCUT2D eigenvalue weighted by molar-refractivity contribution is 0.0953. The fourth-order valence-corrected chi connectivity index (χ4v) is 5.14. The van der Waals surface area contributed by atoms with Crippen LogP contribution < -0.4 is 15.5 Å². The van der Waals surface area contributed by atoms with Gasteiger partial charge in [0.2, 0.25) is 0 Å². The van der Waals surface area contributed by atoms with Crippen molar-refractivity contribution in [1.82, 2.24) is 5.32 Å². The predicted molar refractivity (Wildman–Crippen MR) is 152 cm³/mol. The molecule has 186 valence electrons. The van der Waals surface area contributed by atoms with Gasteiger partial charge in [-0.25, -0.2) is 0 Å². The van der Waals surface area contributed by atoms with E-state index in [1.165, 1.54) is 16.7 Å². The molecule has 0 saturated carbocycles. The van der Waals surface area contributed by atoms with Gasteiger partial charge in [0.1, 0.15) is 0 Å². The van der Waals surface area contributed by atoms with Crippen LogP contribution in [0.4, 0.5) is 11.4 Å². The van der Waals surface area contributed by atoms with Gasteiger partial charge < -0.3 is 15.5 Å². The molecule has 37 heavy (non-hydrogen) atoms. The minimum absolute atomic E-state index is 0.151. The van der Waals surface area contributed by atoms with Crippen LogP contribution in [0.1, 0.15) is 37.4 Å². The number of benzene rings is 4. The van der Waals surface area contributed by atoms with Crippen LogP contribution in [0, 0.1) is 0 Å².